The number of methoxy groups -OCH3 is 1. The highest BCUT2D eigenvalue weighted by Crippen LogP contribution is 2.62. The van der Waals surface area contributed by atoms with Crippen molar-refractivity contribution in [1.29, 1.82) is 0 Å². The number of rotatable bonds is 8. The van der Waals surface area contributed by atoms with Crippen LogP contribution in [0.2, 0.25) is 0 Å². The van der Waals surface area contributed by atoms with E-state index in [0.29, 0.717) is 6.61 Å². The van der Waals surface area contributed by atoms with E-state index < -0.39 is 5.97 Å². The molecule has 4 aliphatic carbocycles. The number of benzene rings is 3. The third-order valence-electron chi connectivity index (χ3n) is 8.77. The zero-order chi connectivity index (χ0) is 25.4. The lowest BCUT2D eigenvalue weighted by Crippen LogP contribution is -2.48. The van der Waals surface area contributed by atoms with Gasteiger partial charge < -0.3 is 19.4 Å². The maximum Gasteiger partial charge on any atom is 0.126 e. The number of ether oxygens (including phenoxy) is 2. The molecule has 4 saturated carbocycles. The minimum absolute atomic E-state index is 0.163. The molecule has 0 saturated heterocycles. The Hall–Kier alpha value is -3.53. The number of aliphatic carboxylic acids is 1. The molecule has 4 aliphatic rings. The highest BCUT2D eigenvalue weighted by molar-refractivity contribution is 5.84. The van der Waals surface area contributed by atoms with Crippen molar-refractivity contribution in [2.45, 2.75) is 50.5 Å². The lowest BCUT2D eigenvalue weighted by molar-refractivity contribution is -0.297. The fourth-order valence-electron chi connectivity index (χ4n) is 7.63. The zero-order valence-corrected chi connectivity index (χ0v) is 21.3. The number of carbonyl (C=O) groups excluding carboxylic acids is 1. The number of carboxylic acids is 1. The van der Waals surface area contributed by atoms with Crippen LogP contribution in [-0.2, 0) is 16.8 Å². The number of hydrogen-bond acceptors (Lipinski definition) is 4. The Morgan fingerprint density at radius 1 is 0.919 bits per heavy atom. The van der Waals surface area contributed by atoms with Gasteiger partial charge in [0.15, 0.2) is 0 Å². The Morgan fingerprint density at radius 3 is 2.24 bits per heavy atom. The van der Waals surface area contributed by atoms with Crippen LogP contribution >= 0.6 is 0 Å². The molecule has 4 fully saturated rings. The molecule has 0 radical (unpaired) electrons. The Morgan fingerprint density at radius 2 is 1.59 bits per heavy atom. The van der Waals surface area contributed by atoms with Crippen LogP contribution < -0.4 is 14.6 Å². The van der Waals surface area contributed by atoms with Gasteiger partial charge in [0.2, 0.25) is 0 Å². The van der Waals surface area contributed by atoms with Gasteiger partial charge in [-0.05, 0) is 109 Å². The average molecular weight is 494 g/mol. The summed E-state index contributed by atoms with van der Waals surface area (Å²) in [4.78, 5) is 11.0. The van der Waals surface area contributed by atoms with E-state index in [4.69, 9.17) is 9.47 Å². The van der Waals surface area contributed by atoms with E-state index in [2.05, 4.69) is 42.5 Å². The first-order valence-corrected chi connectivity index (χ1v) is 13.4. The fourth-order valence-corrected chi connectivity index (χ4v) is 7.63. The summed E-state index contributed by atoms with van der Waals surface area (Å²) in [5.74, 6) is 3.02. The SMILES string of the molecule is COc1ccc(/C=C/C(=O)[O-])cc1-c1ccc(OCc2ccccc2)c(C23CC4CC(CC(C4)C2)C3)c1. The van der Waals surface area contributed by atoms with Gasteiger partial charge >= 0.3 is 0 Å². The summed E-state index contributed by atoms with van der Waals surface area (Å²) in [6, 6.07) is 22.7. The molecule has 0 unspecified atom stereocenters. The van der Waals surface area contributed by atoms with Gasteiger partial charge in [0, 0.05) is 11.1 Å². The van der Waals surface area contributed by atoms with Crippen molar-refractivity contribution < 1.29 is 19.4 Å². The van der Waals surface area contributed by atoms with Crippen LogP contribution in [0.1, 0.15) is 55.2 Å². The lowest BCUT2D eigenvalue weighted by atomic mass is 9.48. The Kier molecular flexibility index (Phi) is 6.27. The van der Waals surface area contributed by atoms with Gasteiger partial charge in [0.1, 0.15) is 18.1 Å². The predicted molar refractivity (Wildman–Crippen MR) is 143 cm³/mol. The minimum Gasteiger partial charge on any atom is -0.545 e. The predicted octanol–water partition coefficient (Wildman–Crippen LogP) is 6.17. The largest absolute Gasteiger partial charge is 0.545 e. The van der Waals surface area contributed by atoms with E-state index in [9.17, 15) is 9.90 Å². The quantitative estimate of drug-likeness (QED) is 0.352. The van der Waals surface area contributed by atoms with Crippen molar-refractivity contribution >= 4 is 12.0 Å². The van der Waals surface area contributed by atoms with Crippen LogP contribution in [0.4, 0.5) is 0 Å². The van der Waals surface area contributed by atoms with E-state index >= 15 is 0 Å². The summed E-state index contributed by atoms with van der Waals surface area (Å²) in [7, 11) is 1.67. The van der Waals surface area contributed by atoms with E-state index in [0.717, 1.165) is 57.6 Å². The van der Waals surface area contributed by atoms with Crippen LogP contribution in [0.25, 0.3) is 17.2 Å². The van der Waals surface area contributed by atoms with E-state index in [1.807, 2.05) is 24.3 Å². The first-order valence-electron chi connectivity index (χ1n) is 13.4. The molecule has 0 aliphatic heterocycles. The Balaban J connectivity index is 1.42. The first kappa shape index (κ1) is 23.8. The molecule has 4 bridgehead atoms. The van der Waals surface area contributed by atoms with Gasteiger partial charge in [0.05, 0.1) is 13.1 Å². The van der Waals surface area contributed by atoms with Crippen LogP contribution in [-0.4, -0.2) is 13.1 Å². The third kappa shape index (κ3) is 4.77. The Labute approximate surface area is 218 Å². The van der Waals surface area contributed by atoms with Gasteiger partial charge in [-0.2, -0.15) is 0 Å². The molecule has 190 valence electrons. The molecule has 0 spiro atoms. The number of carbonyl (C=O) groups is 1. The molecule has 7 rings (SSSR count). The molecule has 4 heteroatoms. The zero-order valence-electron chi connectivity index (χ0n) is 21.3. The molecule has 0 atom stereocenters. The van der Waals surface area contributed by atoms with Crippen molar-refractivity contribution in [1.82, 2.24) is 0 Å². The van der Waals surface area contributed by atoms with E-state index in [1.165, 1.54) is 44.1 Å². The molecule has 0 heterocycles. The maximum atomic E-state index is 11.0. The van der Waals surface area contributed by atoms with Crippen molar-refractivity contribution in [3.8, 4) is 22.6 Å². The summed E-state index contributed by atoms with van der Waals surface area (Å²) in [6.07, 6.45) is 10.5. The molecular weight excluding hydrogens is 460 g/mol. The second-order valence-electron chi connectivity index (χ2n) is 11.3. The van der Waals surface area contributed by atoms with Crippen LogP contribution in [0, 0.1) is 17.8 Å². The lowest BCUT2D eigenvalue weighted by Gasteiger charge is -2.57. The number of hydrogen-bond donors (Lipinski definition) is 0. The molecule has 3 aromatic rings. The Bertz CT molecular complexity index is 1290. The third-order valence-corrected chi connectivity index (χ3v) is 8.77. The summed E-state index contributed by atoms with van der Waals surface area (Å²) in [5.41, 5.74) is 5.47. The molecule has 37 heavy (non-hydrogen) atoms. The van der Waals surface area contributed by atoms with Crippen LogP contribution in [0.15, 0.2) is 72.8 Å². The average Bonchev–Trinajstić information content (AvgIpc) is 2.90. The molecule has 0 amide bonds. The standard InChI is InChI=1S/C33H34O4/c1-36-30-10-7-22(8-12-32(34)35)16-28(30)27-9-11-31(37-21-23-5-3-2-4-6-23)29(17-27)33-18-24-13-25(19-33)15-26(14-24)20-33/h2-12,16-17,24-26H,13-15,18-21H2,1H3,(H,34,35)/p-1/b12-8+. The van der Waals surface area contributed by atoms with Crippen molar-refractivity contribution in [3.63, 3.8) is 0 Å². The molecule has 0 aromatic heterocycles. The van der Waals surface area contributed by atoms with Crippen LogP contribution in [0.3, 0.4) is 0 Å². The monoisotopic (exact) mass is 493 g/mol. The van der Waals surface area contributed by atoms with E-state index in [1.54, 1.807) is 13.2 Å². The summed E-state index contributed by atoms with van der Waals surface area (Å²) < 4.78 is 12.3. The van der Waals surface area contributed by atoms with Crippen molar-refractivity contribution in [2.75, 3.05) is 7.11 Å². The molecule has 0 N–H and O–H groups in total. The second kappa shape index (κ2) is 9.74. The molecule has 3 aromatic carbocycles. The topological polar surface area (TPSA) is 58.6 Å². The number of carboxylic acid groups (broad SMARTS) is 1. The highest BCUT2D eigenvalue weighted by Gasteiger charge is 2.52. The summed E-state index contributed by atoms with van der Waals surface area (Å²) in [5, 5.41) is 11.0. The smallest absolute Gasteiger partial charge is 0.126 e. The maximum absolute atomic E-state index is 11.0. The van der Waals surface area contributed by atoms with Crippen molar-refractivity contribution in [3.05, 3.63) is 89.5 Å². The van der Waals surface area contributed by atoms with Gasteiger partial charge in [-0.3, -0.25) is 0 Å². The summed E-state index contributed by atoms with van der Waals surface area (Å²) >= 11 is 0. The highest BCUT2D eigenvalue weighted by atomic mass is 16.5. The molecular formula is C33H33O4-. The van der Waals surface area contributed by atoms with Gasteiger partial charge in [-0.1, -0.05) is 48.5 Å². The van der Waals surface area contributed by atoms with Gasteiger partial charge in [-0.15, -0.1) is 0 Å². The fraction of sp³-hybridized carbons (Fsp3) is 0.364. The second-order valence-corrected chi connectivity index (χ2v) is 11.3. The summed E-state index contributed by atoms with van der Waals surface area (Å²) in [6.45, 7) is 0.548. The molecule has 4 nitrogen and oxygen atoms in total. The van der Waals surface area contributed by atoms with Gasteiger partial charge in [0.25, 0.3) is 0 Å². The first-order chi connectivity index (χ1) is 18.0. The normalized spacial score (nSPS) is 25.9. The van der Waals surface area contributed by atoms with Gasteiger partial charge in [-0.25, -0.2) is 0 Å². The van der Waals surface area contributed by atoms with Crippen LogP contribution in [0.5, 0.6) is 11.5 Å². The minimum atomic E-state index is -1.21. The van der Waals surface area contributed by atoms with E-state index in [-0.39, 0.29) is 5.41 Å². The van der Waals surface area contributed by atoms with Crippen molar-refractivity contribution in [2.24, 2.45) is 17.8 Å².